The number of carbonyl (C=O) groups is 1. The van der Waals surface area contributed by atoms with Gasteiger partial charge in [-0.2, -0.15) is 5.10 Å². The van der Waals surface area contributed by atoms with Gasteiger partial charge < -0.3 is 15.4 Å². The van der Waals surface area contributed by atoms with Gasteiger partial charge in [0.25, 0.3) is 5.91 Å². The molecule has 0 spiro atoms. The monoisotopic (exact) mass is 356 g/mol. The molecular formula is C20H28N4O2. The lowest BCUT2D eigenvalue weighted by Gasteiger charge is -2.22. The Morgan fingerprint density at radius 3 is 2.69 bits per heavy atom. The van der Waals surface area contributed by atoms with Crippen molar-refractivity contribution in [3.8, 4) is 5.69 Å². The van der Waals surface area contributed by atoms with Crippen molar-refractivity contribution in [1.82, 2.24) is 15.1 Å². The van der Waals surface area contributed by atoms with E-state index in [2.05, 4.69) is 57.4 Å². The number of aromatic nitrogens is 2. The number of morpholine rings is 1. The SMILES string of the molecule is Cc1ccc(-n2nc(C(C)(C)C)cc2NC(=O)C2CNCCO2)c(C)c1. The van der Waals surface area contributed by atoms with Crippen LogP contribution in [0.3, 0.4) is 0 Å². The topological polar surface area (TPSA) is 68.2 Å². The molecule has 2 aromatic rings. The number of rotatable bonds is 3. The van der Waals surface area contributed by atoms with Crippen molar-refractivity contribution in [3.05, 3.63) is 41.1 Å². The van der Waals surface area contributed by atoms with Crippen molar-refractivity contribution in [3.63, 3.8) is 0 Å². The third-order valence-electron chi connectivity index (χ3n) is 4.53. The van der Waals surface area contributed by atoms with E-state index in [4.69, 9.17) is 9.84 Å². The number of amides is 1. The molecule has 1 fully saturated rings. The second kappa shape index (κ2) is 7.21. The Hall–Kier alpha value is -2.18. The molecule has 1 aromatic heterocycles. The summed E-state index contributed by atoms with van der Waals surface area (Å²) in [5.74, 6) is 0.518. The molecule has 2 N–H and O–H groups in total. The second-order valence-corrected chi connectivity index (χ2v) is 7.92. The van der Waals surface area contributed by atoms with Crippen LogP contribution in [0.15, 0.2) is 24.3 Å². The van der Waals surface area contributed by atoms with Crippen LogP contribution in [0.2, 0.25) is 0 Å². The van der Waals surface area contributed by atoms with Gasteiger partial charge in [0.05, 0.1) is 18.0 Å². The molecule has 3 rings (SSSR count). The number of nitrogens with one attached hydrogen (secondary N) is 2. The highest BCUT2D eigenvalue weighted by molar-refractivity contribution is 5.94. The molecular weight excluding hydrogens is 328 g/mol. The van der Waals surface area contributed by atoms with Gasteiger partial charge in [0.2, 0.25) is 0 Å². The van der Waals surface area contributed by atoms with Crippen LogP contribution in [0.5, 0.6) is 0 Å². The molecule has 140 valence electrons. The van der Waals surface area contributed by atoms with Crippen LogP contribution in [0.1, 0.15) is 37.6 Å². The maximum Gasteiger partial charge on any atom is 0.255 e. The molecule has 6 heteroatoms. The van der Waals surface area contributed by atoms with E-state index >= 15 is 0 Å². The standard InChI is InChI=1S/C20H28N4O2/c1-13-6-7-15(14(2)10-13)24-18(11-17(23-24)20(3,4)5)22-19(25)16-12-21-8-9-26-16/h6-7,10-11,16,21H,8-9,12H2,1-5H3,(H,22,25). The minimum Gasteiger partial charge on any atom is -0.366 e. The predicted molar refractivity (Wildman–Crippen MR) is 103 cm³/mol. The van der Waals surface area contributed by atoms with E-state index in [1.165, 1.54) is 5.56 Å². The van der Waals surface area contributed by atoms with E-state index < -0.39 is 6.10 Å². The van der Waals surface area contributed by atoms with Gasteiger partial charge in [0.15, 0.2) is 0 Å². The average molecular weight is 356 g/mol. The number of anilines is 1. The van der Waals surface area contributed by atoms with Crippen molar-refractivity contribution < 1.29 is 9.53 Å². The van der Waals surface area contributed by atoms with Gasteiger partial charge in [-0.15, -0.1) is 0 Å². The van der Waals surface area contributed by atoms with Gasteiger partial charge in [-0.05, 0) is 25.5 Å². The van der Waals surface area contributed by atoms with Crippen LogP contribution >= 0.6 is 0 Å². The van der Waals surface area contributed by atoms with Gasteiger partial charge in [-0.1, -0.05) is 38.5 Å². The molecule has 1 aliphatic heterocycles. The normalized spacial score (nSPS) is 18.0. The zero-order valence-corrected chi connectivity index (χ0v) is 16.2. The maximum absolute atomic E-state index is 12.6. The number of hydrogen-bond acceptors (Lipinski definition) is 4. The highest BCUT2D eigenvalue weighted by atomic mass is 16.5. The molecule has 2 heterocycles. The maximum atomic E-state index is 12.6. The van der Waals surface area contributed by atoms with Gasteiger partial charge in [-0.25, -0.2) is 4.68 Å². The third-order valence-corrected chi connectivity index (χ3v) is 4.53. The Labute approximate surface area is 154 Å². The van der Waals surface area contributed by atoms with E-state index in [1.54, 1.807) is 0 Å². The molecule has 1 saturated heterocycles. The van der Waals surface area contributed by atoms with Crippen LogP contribution in [0.25, 0.3) is 5.69 Å². The zero-order chi connectivity index (χ0) is 18.9. The van der Waals surface area contributed by atoms with E-state index in [0.717, 1.165) is 23.5 Å². The summed E-state index contributed by atoms with van der Waals surface area (Å²) in [6.45, 7) is 12.3. The minimum absolute atomic E-state index is 0.119. The van der Waals surface area contributed by atoms with Crippen molar-refractivity contribution in [2.75, 3.05) is 25.0 Å². The number of benzene rings is 1. The summed E-state index contributed by atoms with van der Waals surface area (Å²) in [6.07, 6.45) is -0.482. The molecule has 1 atom stereocenters. The van der Waals surface area contributed by atoms with Crippen molar-refractivity contribution >= 4 is 11.7 Å². The first-order valence-electron chi connectivity index (χ1n) is 9.07. The molecule has 1 amide bonds. The first-order chi connectivity index (χ1) is 12.3. The van der Waals surface area contributed by atoms with Crippen LogP contribution in [0.4, 0.5) is 5.82 Å². The molecule has 0 radical (unpaired) electrons. The highest BCUT2D eigenvalue weighted by Gasteiger charge is 2.26. The second-order valence-electron chi connectivity index (χ2n) is 7.92. The Morgan fingerprint density at radius 2 is 2.08 bits per heavy atom. The number of carbonyl (C=O) groups excluding carboxylic acids is 1. The smallest absolute Gasteiger partial charge is 0.255 e. The van der Waals surface area contributed by atoms with Gasteiger partial charge in [0.1, 0.15) is 11.9 Å². The summed E-state index contributed by atoms with van der Waals surface area (Å²) in [6, 6.07) is 8.17. The lowest BCUT2D eigenvalue weighted by atomic mass is 9.92. The zero-order valence-electron chi connectivity index (χ0n) is 16.2. The van der Waals surface area contributed by atoms with E-state index in [-0.39, 0.29) is 11.3 Å². The van der Waals surface area contributed by atoms with Gasteiger partial charge >= 0.3 is 0 Å². The summed E-state index contributed by atoms with van der Waals surface area (Å²) < 4.78 is 7.39. The molecule has 1 unspecified atom stereocenters. The molecule has 0 aliphatic carbocycles. The fourth-order valence-corrected chi connectivity index (χ4v) is 3.00. The molecule has 1 aromatic carbocycles. The van der Waals surface area contributed by atoms with Crippen molar-refractivity contribution in [2.24, 2.45) is 0 Å². The van der Waals surface area contributed by atoms with Crippen molar-refractivity contribution in [1.29, 1.82) is 0 Å². The third kappa shape index (κ3) is 3.97. The average Bonchev–Trinajstić information content (AvgIpc) is 2.99. The molecule has 0 saturated carbocycles. The van der Waals surface area contributed by atoms with E-state index in [9.17, 15) is 4.79 Å². The number of nitrogens with zero attached hydrogens (tertiary/aromatic N) is 2. The number of aryl methyl sites for hydroxylation is 2. The minimum atomic E-state index is -0.482. The van der Waals surface area contributed by atoms with Crippen LogP contribution in [-0.2, 0) is 14.9 Å². The lowest BCUT2D eigenvalue weighted by molar-refractivity contribution is -0.128. The lowest BCUT2D eigenvalue weighted by Crippen LogP contribution is -2.45. The summed E-state index contributed by atoms with van der Waals surface area (Å²) in [4.78, 5) is 12.6. The first-order valence-corrected chi connectivity index (χ1v) is 9.07. The quantitative estimate of drug-likeness (QED) is 0.887. The Balaban J connectivity index is 1.97. The molecule has 1 aliphatic rings. The van der Waals surface area contributed by atoms with Crippen LogP contribution < -0.4 is 10.6 Å². The Bertz CT molecular complexity index is 799. The van der Waals surface area contributed by atoms with E-state index in [1.807, 2.05) is 16.8 Å². The fraction of sp³-hybridized carbons (Fsp3) is 0.500. The Kier molecular flexibility index (Phi) is 5.16. The summed E-state index contributed by atoms with van der Waals surface area (Å²) in [7, 11) is 0. The van der Waals surface area contributed by atoms with Gasteiger partial charge in [-0.3, -0.25) is 4.79 Å². The highest BCUT2D eigenvalue weighted by Crippen LogP contribution is 2.28. The Morgan fingerprint density at radius 1 is 1.31 bits per heavy atom. The summed E-state index contributed by atoms with van der Waals surface area (Å²) in [5, 5.41) is 11.0. The fourth-order valence-electron chi connectivity index (χ4n) is 3.00. The number of ether oxygens (including phenoxy) is 1. The summed E-state index contributed by atoms with van der Waals surface area (Å²) in [5.41, 5.74) is 4.08. The molecule has 0 bridgehead atoms. The predicted octanol–water partition coefficient (Wildman–Crippen LogP) is 2.71. The van der Waals surface area contributed by atoms with Gasteiger partial charge in [0, 0.05) is 24.6 Å². The van der Waals surface area contributed by atoms with Crippen molar-refractivity contribution in [2.45, 2.75) is 46.1 Å². The van der Waals surface area contributed by atoms with E-state index in [0.29, 0.717) is 19.0 Å². The largest absolute Gasteiger partial charge is 0.366 e. The summed E-state index contributed by atoms with van der Waals surface area (Å²) >= 11 is 0. The van der Waals surface area contributed by atoms with Crippen LogP contribution in [0, 0.1) is 13.8 Å². The first kappa shape index (κ1) is 18.6. The molecule has 26 heavy (non-hydrogen) atoms. The van der Waals surface area contributed by atoms with Crippen LogP contribution in [-0.4, -0.2) is 41.5 Å². The molecule has 6 nitrogen and oxygen atoms in total. The number of hydrogen-bond donors (Lipinski definition) is 2.